The van der Waals surface area contributed by atoms with Crippen molar-refractivity contribution in [2.45, 2.75) is 71.1 Å². The molecule has 136 valence electrons. The maximum atomic E-state index is 10.1. The fourth-order valence-electron chi connectivity index (χ4n) is 1.75. The predicted molar refractivity (Wildman–Crippen MR) is 81.8 cm³/mol. The average Bonchev–Trinajstić information content (AvgIpc) is 2.32. The molecule has 0 heterocycles. The van der Waals surface area contributed by atoms with Gasteiger partial charge in [0.2, 0.25) is 10.4 Å². The first-order valence-electron chi connectivity index (χ1n) is 7.45. The second kappa shape index (κ2) is 17.8. The van der Waals surface area contributed by atoms with Crippen LogP contribution in [0, 0.1) is 0 Å². The summed E-state index contributed by atoms with van der Waals surface area (Å²) in [4.78, 5) is 21.6. The van der Waals surface area contributed by atoms with Crippen molar-refractivity contribution in [2.24, 2.45) is 0 Å². The molecular formula is C12H28NaO8PS. The van der Waals surface area contributed by atoms with Crippen molar-refractivity contribution in [3.63, 3.8) is 0 Å². The van der Waals surface area contributed by atoms with Gasteiger partial charge in [-0.25, -0.2) is 13.0 Å². The van der Waals surface area contributed by atoms with E-state index in [1.54, 1.807) is 0 Å². The number of hydrogen-bond acceptors (Lipinski definition) is 5. The van der Waals surface area contributed by atoms with E-state index in [0.29, 0.717) is 6.42 Å². The summed E-state index contributed by atoms with van der Waals surface area (Å²) in [7, 11) is -9.12. The van der Waals surface area contributed by atoms with E-state index in [9.17, 15) is 13.0 Å². The molecule has 23 heavy (non-hydrogen) atoms. The summed E-state index contributed by atoms with van der Waals surface area (Å²) < 4.78 is 43.3. The molecular weight excluding hydrogens is 358 g/mol. The molecule has 11 heteroatoms. The van der Waals surface area contributed by atoms with Crippen LogP contribution < -0.4 is 29.6 Å². The third-order valence-corrected chi connectivity index (χ3v) is 3.18. The van der Waals surface area contributed by atoms with Crippen molar-refractivity contribution in [1.29, 1.82) is 0 Å². The normalized spacial score (nSPS) is 11.3. The van der Waals surface area contributed by atoms with Gasteiger partial charge in [-0.05, 0) is 6.42 Å². The summed E-state index contributed by atoms with van der Waals surface area (Å²) in [5.41, 5.74) is 0. The summed E-state index contributed by atoms with van der Waals surface area (Å²) in [5, 5.41) is 0. The third kappa shape index (κ3) is 45.1. The molecule has 0 radical (unpaired) electrons. The van der Waals surface area contributed by atoms with Gasteiger partial charge in [0.15, 0.2) is 0 Å². The van der Waals surface area contributed by atoms with Crippen LogP contribution in [0.1, 0.15) is 71.1 Å². The number of phosphoric acid groups is 1. The molecule has 0 aliphatic carbocycles. The van der Waals surface area contributed by atoms with Gasteiger partial charge >= 0.3 is 37.4 Å². The van der Waals surface area contributed by atoms with E-state index in [2.05, 4.69) is 11.1 Å². The summed E-state index contributed by atoms with van der Waals surface area (Å²) in [6.07, 6.45) is 11.7. The quantitative estimate of drug-likeness (QED) is 0.133. The van der Waals surface area contributed by atoms with Gasteiger partial charge < -0.3 is 19.2 Å². The van der Waals surface area contributed by atoms with Crippen molar-refractivity contribution in [2.75, 3.05) is 6.61 Å². The smallest absolute Gasteiger partial charge is 0.726 e. The molecule has 0 aromatic heterocycles. The molecule has 0 spiro atoms. The average molecular weight is 386 g/mol. The molecule has 0 aliphatic rings. The second-order valence-corrected chi connectivity index (χ2v) is 7.00. The van der Waals surface area contributed by atoms with E-state index in [0.717, 1.165) is 12.8 Å². The molecule has 0 atom stereocenters. The molecule has 3 N–H and O–H groups in total. The number of hydrogen-bond donors (Lipinski definition) is 3. The summed E-state index contributed by atoms with van der Waals surface area (Å²) in [6.45, 7) is 2.24. The van der Waals surface area contributed by atoms with Crippen LogP contribution in [0.15, 0.2) is 0 Å². The standard InChI is InChI=1S/C12H26O4S.Na.H3O4P/c1-2-3-4-5-6-7-8-9-10-11-12-16-17(13,14)15;;1-5(2,3)4/h2-12H2,1H3,(H,13,14,15);;(H3,1,2,3,4)/q;+1;/p-1. The van der Waals surface area contributed by atoms with E-state index < -0.39 is 18.2 Å². The molecule has 0 amide bonds. The fourth-order valence-corrected chi connectivity index (χ4v) is 2.07. The Morgan fingerprint density at radius 1 is 0.870 bits per heavy atom. The van der Waals surface area contributed by atoms with Crippen molar-refractivity contribution in [1.82, 2.24) is 0 Å². The molecule has 0 saturated heterocycles. The SMILES string of the molecule is CCCCCCCCCCCCOS(=O)(=O)[O-].O=P(O)(O)O.[Na+]. The van der Waals surface area contributed by atoms with E-state index in [4.69, 9.17) is 19.2 Å². The van der Waals surface area contributed by atoms with E-state index >= 15 is 0 Å². The van der Waals surface area contributed by atoms with Crippen molar-refractivity contribution >= 4 is 18.2 Å². The van der Waals surface area contributed by atoms with Crippen molar-refractivity contribution in [3.8, 4) is 0 Å². The minimum Gasteiger partial charge on any atom is -0.726 e. The van der Waals surface area contributed by atoms with Gasteiger partial charge in [-0.15, -0.1) is 0 Å². The molecule has 0 rings (SSSR count). The Labute approximate surface area is 161 Å². The molecule has 0 aliphatic heterocycles. The molecule has 0 aromatic rings. The molecule has 8 nitrogen and oxygen atoms in total. The second-order valence-electron chi connectivity index (χ2n) is 4.93. The Bertz CT molecular complexity index is 376. The third-order valence-electron chi connectivity index (χ3n) is 2.73. The first kappa shape index (κ1) is 28.8. The summed E-state index contributed by atoms with van der Waals surface area (Å²) in [6, 6.07) is 0. The first-order chi connectivity index (χ1) is 10.1. The minimum atomic E-state index is -4.64. The number of rotatable bonds is 12. The van der Waals surface area contributed by atoms with Gasteiger partial charge in [0, 0.05) is 0 Å². The molecule has 0 aromatic carbocycles. The van der Waals surface area contributed by atoms with Crippen LogP contribution in [-0.2, 0) is 19.1 Å². The van der Waals surface area contributed by atoms with Crippen LogP contribution in [0.4, 0.5) is 0 Å². The van der Waals surface area contributed by atoms with Crippen molar-refractivity contribution in [3.05, 3.63) is 0 Å². The first-order valence-corrected chi connectivity index (χ1v) is 10.3. The van der Waals surface area contributed by atoms with Gasteiger partial charge in [-0.3, -0.25) is 4.18 Å². The van der Waals surface area contributed by atoms with Gasteiger partial charge in [0.25, 0.3) is 0 Å². The summed E-state index contributed by atoms with van der Waals surface area (Å²) >= 11 is 0. The van der Waals surface area contributed by atoms with Crippen LogP contribution in [0.5, 0.6) is 0 Å². The maximum Gasteiger partial charge on any atom is 1.00 e. The van der Waals surface area contributed by atoms with E-state index in [1.165, 1.54) is 44.9 Å². The largest absolute Gasteiger partial charge is 1.00 e. The minimum absolute atomic E-state index is 0. The van der Waals surface area contributed by atoms with Crippen LogP contribution in [0.3, 0.4) is 0 Å². The van der Waals surface area contributed by atoms with Gasteiger partial charge in [0.05, 0.1) is 6.61 Å². The Morgan fingerprint density at radius 3 is 1.48 bits per heavy atom. The zero-order chi connectivity index (χ0) is 17.5. The Hall–Kier alpha value is 0.980. The van der Waals surface area contributed by atoms with Gasteiger partial charge in [-0.1, -0.05) is 64.7 Å². The molecule has 0 fully saturated rings. The Morgan fingerprint density at radius 2 is 1.17 bits per heavy atom. The van der Waals surface area contributed by atoms with Gasteiger partial charge in [0.1, 0.15) is 0 Å². The predicted octanol–water partition coefficient (Wildman–Crippen LogP) is -0.540. The fraction of sp³-hybridized carbons (Fsp3) is 1.00. The molecule has 0 saturated carbocycles. The molecule has 0 unspecified atom stereocenters. The van der Waals surface area contributed by atoms with Gasteiger partial charge in [-0.2, -0.15) is 0 Å². The van der Waals surface area contributed by atoms with Crippen LogP contribution in [-0.4, -0.2) is 34.3 Å². The topological polar surface area (TPSA) is 144 Å². The zero-order valence-electron chi connectivity index (χ0n) is 14.0. The zero-order valence-corrected chi connectivity index (χ0v) is 17.7. The van der Waals surface area contributed by atoms with Crippen LogP contribution in [0.2, 0.25) is 0 Å². The van der Waals surface area contributed by atoms with Crippen molar-refractivity contribution < 1.29 is 66.0 Å². The van der Waals surface area contributed by atoms with E-state index in [1.807, 2.05) is 0 Å². The van der Waals surface area contributed by atoms with Crippen LogP contribution in [0.25, 0.3) is 0 Å². The van der Waals surface area contributed by atoms with E-state index in [-0.39, 0.29) is 36.2 Å². The molecule has 0 bridgehead atoms. The van der Waals surface area contributed by atoms with Crippen LogP contribution >= 0.6 is 7.82 Å². The Balaban J connectivity index is -0.000000578. The number of unbranched alkanes of at least 4 members (excludes halogenated alkanes) is 9. The summed E-state index contributed by atoms with van der Waals surface area (Å²) in [5.74, 6) is 0. The maximum absolute atomic E-state index is 10.1. The monoisotopic (exact) mass is 386 g/mol. The Kier molecular flexibility index (Phi) is 22.3.